The van der Waals surface area contributed by atoms with Crippen LogP contribution in [0.3, 0.4) is 0 Å². The zero-order chi connectivity index (χ0) is 18.6. The van der Waals surface area contributed by atoms with Crippen LogP contribution in [-0.4, -0.2) is 52.6 Å². The Morgan fingerprint density at radius 1 is 0.923 bits per heavy atom. The lowest BCUT2D eigenvalue weighted by molar-refractivity contribution is 0.336. The molecule has 0 saturated carbocycles. The first-order chi connectivity index (χ1) is 12.6. The van der Waals surface area contributed by atoms with Gasteiger partial charge in [-0.1, -0.05) is 24.3 Å². The minimum absolute atomic E-state index is 0.214. The van der Waals surface area contributed by atoms with Gasteiger partial charge in [-0.05, 0) is 31.2 Å². The van der Waals surface area contributed by atoms with Crippen LogP contribution in [0.5, 0.6) is 11.5 Å². The highest BCUT2D eigenvalue weighted by molar-refractivity contribution is 7.89. The number of nitrogens with zero attached hydrogens (tertiary/aromatic N) is 2. The number of sulfonamides is 1. The molecule has 0 radical (unpaired) electrons. The van der Waals surface area contributed by atoms with E-state index in [4.69, 9.17) is 9.47 Å². The second kappa shape index (κ2) is 7.97. The maximum Gasteiger partial charge on any atom is 0.246 e. The topological polar surface area (TPSA) is 59.1 Å². The van der Waals surface area contributed by atoms with Gasteiger partial charge in [0.15, 0.2) is 0 Å². The zero-order valence-corrected chi connectivity index (χ0v) is 15.9. The maximum atomic E-state index is 13.0. The third kappa shape index (κ3) is 3.64. The van der Waals surface area contributed by atoms with Gasteiger partial charge in [0.25, 0.3) is 0 Å². The van der Waals surface area contributed by atoms with Crippen molar-refractivity contribution in [1.82, 2.24) is 4.31 Å². The molecule has 3 rings (SSSR count). The third-order valence-electron chi connectivity index (χ3n) is 4.43. The molecule has 0 amide bonds. The molecule has 0 aromatic heterocycles. The van der Waals surface area contributed by atoms with Gasteiger partial charge in [0.05, 0.1) is 19.4 Å². The number of piperazine rings is 1. The Kier molecular flexibility index (Phi) is 5.68. The Balaban J connectivity index is 1.76. The van der Waals surface area contributed by atoms with E-state index in [1.807, 2.05) is 31.2 Å². The zero-order valence-electron chi connectivity index (χ0n) is 15.1. The molecule has 0 atom stereocenters. The van der Waals surface area contributed by atoms with Gasteiger partial charge >= 0.3 is 0 Å². The summed E-state index contributed by atoms with van der Waals surface area (Å²) in [7, 11) is -2.10. The van der Waals surface area contributed by atoms with Crippen molar-refractivity contribution in [3.05, 3.63) is 48.5 Å². The largest absolute Gasteiger partial charge is 0.495 e. The van der Waals surface area contributed by atoms with Gasteiger partial charge in [0.1, 0.15) is 16.4 Å². The molecule has 0 aliphatic carbocycles. The fourth-order valence-electron chi connectivity index (χ4n) is 3.14. The summed E-state index contributed by atoms with van der Waals surface area (Å²) in [5.74, 6) is 1.20. The van der Waals surface area contributed by atoms with Crippen molar-refractivity contribution in [1.29, 1.82) is 0 Å². The molecule has 1 aliphatic rings. The second-order valence-electron chi connectivity index (χ2n) is 5.94. The molecule has 2 aromatic rings. The Labute approximate surface area is 155 Å². The van der Waals surface area contributed by atoms with E-state index >= 15 is 0 Å². The van der Waals surface area contributed by atoms with Gasteiger partial charge in [-0.2, -0.15) is 4.31 Å². The molecule has 1 aliphatic heterocycles. The van der Waals surface area contributed by atoms with E-state index in [-0.39, 0.29) is 4.90 Å². The summed E-state index contributed by atoms with van der Waals surface area (Å²) in [4.78, 5) is 2.38. The van der Waals surface area contributed by atoms with Crippen molar-refractivity contribution in [2.45, 2.75) is 11.8 Å². The van der Waals surface area contributed by atoms with Crippen molar-refractivity contribution >= 4 is 15.7 Å². The summed E-state index contributed by atoms with van der Waals surface area (Å²) in [6, 6.07) is 14.6. The lowest BCUT2D eigenvalue weighted by atomic mass is 10.2. The van der Waals surface area contributed by atoms with Crippen LogP contribution in [0.15, 0.2) is 53.4 Å². The Morgan fingerprint density at radius 3 is 2.19 bits per heavy atom. The molecule has 2 aromatic carbocycles. The molecule has 0 bridgehead atoms. The first-order valence-electron chi connectivity index (χ1n) is 8.68. The van der Waals surface area contributed by atoms with Gasteiger partial charge in [0.2, 0.25) is 10.0 Å². The van der Waals surface area contributed by atoms with E-state index in [1.165, 1.54) is 11.4 Å². The molecule has 1 heterocycles. The second-order valence-corrected chi connectivity index (χ2v) is 7.85. The van der Waals surface area contributed by atoms with Crippen LogP contribution in [0.25, 0.3) is 0 Å². The number of para-hydroxylation sites is 3. The minimum Gasteiger partial charge on any atom is -0.495 e. The van der Waals surface area contributed by atoms with Gasteiger partial charge in [-0.15, -0.1) is 0 Å². The van der Waals surface area contributed by atoms with E-state index in [9.17, 15) is 8.42 Å². The summed E-state index contributed by atoms with van der Waals surface area (Å²) in [6.45, 7) is 4.60. The Morgan fingerprint density at radius 2 is 1.54 bits per heavy atom. The molecule has 140 valence electrons. The summed E-state index contributed by atoms with van der Waals surface area (Å²) < 4.78 is 38.4. The molecule has 0 spiro atoms. The minimum atomic E-state index is -3.58. The van der Waals surface area contributed by atoms with Gasteiger partial charge < -0.3 is 14.4 Å². The number of methoxy groups -OCH3 is 1. The Hall–Kier alpha value is -2.25. The van der Waals surface area contributed by atoms with E-state index in [0.717, 1.165) is 11.4 Å². The molecule has 7 heteroatoms. The molecular weight excluding hydrogens is 352 g/mol. The maximum absolute atomic E-state index is 13.0. The lowest BCUT2D eigenvalue weighted by Crippen LogP contribution is -2.48. The highest BCUT2D eigenvalue weighted by Gasteiger charge is 2.31. The van der Waals surface area contributed by atoms with Crippen molar-refractivity contribution in [3.63, 3.8) is 0 Å². The molecule has 6 nitrogen and oxygen atoms in total. The highest BCUT2D eigenvalue weighted by atomic mass is 32.2. The van der Waals surface area contributed by atoms with Crippen molar-refractivity contribution in [3.8, 4) is 11.5 Å². The lowest BCUT2D eigenvalue weighted by Gasteiger charge is -2.36. The fraction of sp³-hybridized carbons (Fsp3) is 0.368. The molecule has 1 saturated heterocycles. The number of hydrogen-bond acceptors (Lipinski definition) is 5. The number of rotatable bonds is 6. The third-order valence-corrected chi connectivity index (χ3v) is 6.37. The van der Waals surface area contributed by atoms with Crippen molar-refractivity contribution < 1.29 is 17.9 Å². The van der Waals surface area contributed by atoms with Gasteiger partial charge in [0, 0.05) is 26.2 Å². The van der Waals surface area contributed by atoms with Crippen LogP contribution in [0, 0.1) is 0 Å². The smallest absolute Gasteiger partial charge is 0.246 e. The first kappa shape index (κ1) is 18.5. The quantitative estimate of drug-likeness (QED) is 0.776. The van der Waals surface area contributed by atoms with Crippen molar-refractivity contribution in [2.24, 2.45) is 0 Å². The summed E-state index contributed by atoms with van der Waals surface area (Å²) in [5, 5.41) is 0. The normalized spacial score (nSPS) is 15.7. The van der Waals surface area contributed by atoms with Crippen LogP contribution in [0.4, 0.5) is 5.69 Å². The summed E-state index contributed by atoms with van der Waals surface area (Å²) in [6.07, 6.45) is 0. The van der Waals surface area contributed by atoms with Crippen LogP contribution < -0.4 is 14.4 Å². The van der Waals surface area contributed by atoms with Crippen LogP contribution in [0.1, 0.15) is 6.92 Å². The van der Waals surface area contributed by atoms with E-state index < -0.39 is 10.0 Å². The molecule has 26 heavy (non-hydrogen) atoms. The molecule has 1 fully saturated rings. The standard InChI is InChI=1S/C19H24N2O4S/c1-3-25-17-9-5-4-8-16(17)20-12-14-21(15-13-20)26(22,23)19-11-7-6-10-18(19)24-2/h4-11H,3,12-15H2,1-2H3. The van der Waals surface area contributed by atoms with Crippen LogP contribution >= 0.6 is 0 Å². The average Bonchev–Trinajstić information content (AvgIpc) is 2.69. The number of benzene rings is 2. The molecule has 0 N–H and O–H groups in total. The summed E-state index contributed by atoms with van der Waals surface area (Å²) in [5.41, 5.74) is 1.00. The van der Waals surface area contributed by atoms with Gasteiger partial charge in [-0.25, -0.2) is 8.42 Å². The Bertz CT molecular complexity index is 846. The SMILES string of the molecule is CCOc1ccccc1N1CCN(S(=O)(=O)c2ccccc2OC)CC1. The number of anilines is 1. The molecule has 0 unspecified atom stereocenters. The summed E-state index contributed by atoms with van der Waals surface area (Å²) >= 11 is 0. The van der Waals surface area contributed by atoms with E-state index in [0.29, 0.717) is 38.5 Å². The van der Waals surface area contributed by atoms with Gasteiger partial charge in [-0.3, -0.25) is 0 Å². The number of ether oxygens (including phenoxy) is 2. The van der Waals surface area contributed by atoms with Crippen LogP contribution in [-0.2, 0) is 10.0 Å². The van der Waals surface area contributed by atoms with E-state index in [1.54, 1.807) is 24.3 Å². The number of hydrogen-bond donors (Lipinski definition) is 0. The van der Waals surface area contributed by atoms with Crippen molar-refractivity contribution in [2.75, 3.05) is 44.8 Å². The first-order valence-corrected chi connectivity index (χ1v) is 10.1. The predicted molar refractivity (Wildman–Crippen MR) is 102 cm³/mol. The molecular formula is C19H24N2O4S. The average molecular weight is 376 g/mol. The highest BCUT2D eigenvalue weighted by Crippen LogP contribution is 2.31. The fourth-order valence-corrected chi connectivity index (χ4v) is 4.71. The van der Waals surface area contributed by atoms with Crippen LogP contribution in [0.2, 0.25) is 0 Å². The van der Waals surface area contributed by atoms with E-state index in [2.05, 4.69) is 4.90 Å². The monoisotopic (exact) mass is 376 g/mol. The predicted octanol–water partition coefficient (Wildman–Crippen LogP) is 2.60.